The fraction of sp³-hybridized carbons (Fsp3) is 0.467. The molecule has 1 N–H and O–H groups in total. The number of carbonyl (C=O) groups is 2. The van der Waals surface area contributed by atoms with E-state index in [1.807, 2.05) is 18.2 Å². The molecule has 2 aliphatic rings. The van der Waals surface area contributed by atoms with Gasteiger partial charge in [0.05, 0.1) is 13.7 Å². The first kappa shape index (κ1) is 14.4. The summed E-state index contributed by atoms with van der Waals surface area (Å²) in [6.07, 6.45) is 0. The van der Waals surface area contributed by atoms with Gasteiger partial charge in [0.2, 0.25) is 0 Å². The van der Waals surface area contributed by atoms with E-state index in [4.69, 9.17) is 21.1 Å². The summed E-state index contributed by atoms with van der Waals surface area (Å²) >= 11 is 6.06. The summed E-state index contributed by atoms with van der Waals surface area (Å²) in [5, 5.41) is 3.70. The molecule has 0 aliphatic carbocycles. The Morgan fingerprint density at radius 2 is 2.29 bits per heavy atom. The van der Waals surface area contributed by atoms with Gasteiger partial charge in [0.15, 0.2) is 0 Å². The average Bonchev–Trinajstić information content (AvgIpc) is 2.92. The molecule has 0 bridgehead atoms. The van der Waals surface area contributed by atoms with Crippen LogP contribution in [0.4, 0.5) is 0 Å². The number of methoxy groups -OCH3 is 1. The molecule has 5 nitrogen and oxygen atoms in total. The van der Waals surface area contributed by atoms with E-state index in [1.54, 1.807) is 13.0 Å². The third kappa shape index (κ3) is 2.12. The molecule has 0 radical (unpaired) electrons. The highest BCUT2D eigenvalue weighted by molar-refractivity contribution is 6.30. The topological polar surface area (TPSA) is 64.6 Å². The van der Waals surface area contributed by atoms with Gasteiger partial charge < -0.3 is 9.47 Å². The number of hydrogen-bond donors (Lipinski definition) is 1. The van der Waals surface area contributed by atoms with Crippen molar-refractivity contribution in [1.82, 2.24) is 5.32 Å². The number of carbonyl (C=O) groups excluding carboxylic acids is 2. The summed E-state index contributed by atoms with van der Waals surface area (Å²) in [5.41, 5.74) is 0.0312. The standard InChI is InChI=1S/C15H16ClNO4/c1-15-10(7-21-14(15)19)11(12(17-15)13(18)20-2)8-4-3-5-9(16)6-8/h3-6,10-12,17H,7H2,1-2H3/t10-,11-,12-,15+/m0/s1. The molecule has 21 heavy (non-hydrogen) atoms. The van der Waals surface area contributed by atoms with Gasteiger partial charge >= 0.3 is 11.9 Å². The van der Waals surface area contributed by atoms with Crippen LogP contribution in [0.15, 0.2) is 24.3 Å². The summed E-state index contributed by atoms with van der Waals surface area (Å²) in [7, 11) is 1.34. The van der Waals surface area contributed by atoms with Crippen molar-refractivity contribution in [2.45, 2.75) is 24.4 Å². The van der Waals surface area contributed by atoms with Crippen LogP contribution < -0.4 is 5.32 Å². The molecule has 3 rings (SSSR count). The lowest BCUT2D eigenvalue weighted by molar-refractivity contribution is -0.145. The highest BCUT2D eigenvalue weighted by Gasteiger charge is 2.62. The van der Waals surface area contributed by atoms with Crippen molar-refractivity contribution in [2.24, 2.45) is 5.92 Å². The van der Waals surface area contributed by atoms with Crippen LogP contribution in [0.2, 0.25) is 5.02 Å². The summed E-state index contributed by atoms with van der Waals surface area (Å²) in [6, 6.07) is 6.74. The van der Waals surface area contributed by atoms with Crippen LogP contribution in [-0.2, 0) is 19.1 Å². The Hall–Kier alpha value is -1.59. The fourth-order valence-corrected chi connectivity index (χ4v) is 3.58. The molecule has 2 heterocycles. The number of ether oxygens (including phenoxy) is 2. The van der Waals surface area contributed by atoms with Gasteiger partial charge in [0.1, 0.15) is 11.6 Å². The van der Waals surface area contributed by atoms with Gasteiger partial charge in [-0.2, -0.15) is 0 Å². The lowest BCUT2D eigenvalue weighted by atomic mass is 9.78. The van der Waals surface area contributed by atoms with Gasteiger partial charge in [-0.05, 0) is 24.6 Å². The fourth-order valence-electron chi connectivity index (χ4n) is 3.38. The molecular formula is C15H16ClNO4. The van der Waals surface area contributed by atoms with Crippen LogP contribution in [-0.4, -0.2) is 37.2 Å². The zero-order valence-electron chi connectivity index (χ0n) is 11.8. The summed E-state index contributed by atoms with van der Waals surface area (Å²) < 4.78 is 10.1. The minimum absolute atomic E-state index is 0.132. The van der Waals surface area contributed by atoms with Gasteiger partial charge in [-0.25, -0.2) is 0 Å². The Morgan fingerprint density at radius 3 is 2.95 bits per heavy atom. The normalized spacial score (nSPS) is 34.4. The molecule has 1 aromatic rings. The van der Waals surface area contributed by atoms with E-state index in [9.17, 15) is 9.59 Å². The quantitative estimate of drug-likeness (QED) is 0.839. The second-order valence-electron chi connectivity index (χ2n) is 5.63. The van der Waals surface area contributed by atoms with Crippen molar-refractivity contribution in [3.05, 3.63) is 34.9 Å². The number of benzene rings is 1. The number of esters is 2. The number of nitrogens with one attached hydrogen (secondary N) is 1. The SMILES string of the molecule is COC(=O)[C@H]1N[C@@]2(C)C(=O)OC[C@H]2[C@@H]1c1cccc(Cl)c1. The number of rotatable bonds is 2. The molecule has 2 aliphatic heterocycles. The summed E-state index contributed by atoms with van der Waals surface area (Å²) in [6.45, 7) is 2.06. The number of fused-ring (bicyclic) bond motifs is 1. The number of hydrogen-bond acceptors (Lipinski definition) is 5. The van der Waals surface area contributed by atoms with Crippen LogP contribution in [0.3, 0.4) is 0 Å². The Kier molecular flexibility index (Phi) is 3.42. The maximum Gasteiger partial charge on any atom is 0.326 e. The molecule has 0 saturated carbocycles. The monoisotopic (exact) mass is 309 g/mol. The van der Waals surface area contributed by atoms with Gasteiger partial charge in [-0.3, -0.25) is 14.9 Å². The Labute approximate surface area is 127 Å². The third-order valence-corrected chi connectivity index (χ3v) is 4.73. The molecule has 4 atom stereocenters. The predicted octanol–water partition coefficient (Wildman–Crippen LogP) is 1.50. The molecule has 2 saturated heterocycles. The van der Waals surface area contributed by atoms with Crippen molar-refractivity contribution in [2.75, 3.05) is 13.7 Å². The van der Waals surface area contributed by atoms with E-state index in [1.165, 1.54) is 7.11 Å². The van der Waals surface area contributed by atoms with Crippen LogP contribution in [0.5, 0.6) is 0 Å². The number of cyclic esters (lactones) is 1. The van der Waals surface area contributed by atoms with E-state index >= 15 is 0 Å². The van der Waals surface area contributed by atoms with Gasteiger partial charge in [0.25, 0.3) is 0 Å². The van der Waals surface area contributed by atoms with Crippen LogP contribution in [0, 0.1) is 5.92 Å². The number of halogens is 1. The van der Waals surface area contributed by atoms with Gasteiger partial charge in [-0.1, -0.05) is 23.7 Å². The van der Waals surface area contributed by atoms with Crippen molar-refractivity contribution in [3.8, 4) is 0 Å². The zero-order valence-corrected chi connectivity index (χ0v) is 12.5. The smallest absolute Gasteiger partial charge is 0.326 e. The first-order valence-corrected chi connectivity index (χ1v) is 7.13. The minimum atomic E-state index is -0.869. The highest BCUT2D eigenvalue weighted by atomic mass is 35.5. The third-order valence-electron chi connectivity index (χ3n) is 4.50. The van der Waals surface area contributed by atoms with E-state index in [0.29, 0.717) is 5.02 Å². The second-order valence-corrected chi connectivity index (χ2v) is 6.07. The Bertz CT molecular complexity index is 605. The van der Waals surface area contributed by atoms with Crippen molar-refractivity contribution in [3.63, 3.8) is 0 Å². The Balaban J connectivity index is 2.05. The lowest BCUT2D eigenvalue weighted by Gasteiger charge is -2.21. The molecule has 2 fully saturated rings. The highest BCUT2D eigenvalue weighted by Crippen LogP contribution is 2.46. The van der Waals surface area contributed by atoms with E-state index in [2.05, 4.69) is 5.32 Å². The molecule has 6 heteroatoms. The van der Waals surface area contributed by atoms with Crippen molar-refractivity contribution >= 4 is 23.5 Å². The average molecular weight is 310 g/mol. The van der Waals surface area contributed by atoms with Crippen LogP contribution in [0.1, 0.15) is 18.4 Å². The van der Waals surface area contributed by atoms with Crippen LogP contribution in [0.25, 0.3) is 0 Å². The van der Waals surface area contributed by atoms with E-state index < -0.39 is 11.6 Å². The zero-order chi connectivity index (χ0) is 15.2. The molecule has 0 unspecified atom stereocenters. The lowest BCUT2D eigenvalue weighted by Crippen LogP contribution is -2.49. The molecule has 112 valence electrons. The van der Waals surface area contributed by atoms with Gasteiger partial charge in [-0.15, -0.1) is 0 Å². The van der Waals surface area contributed by atoms with Gasteiger partial charge in [0, 0.05) is 16.9 Å². The first-order chi connectivity index (χ1) is 9.97. The van der Waals surface area contributed by atoms with E-state index in [-0.39, 0.29) is 30.4 Å². The minimum Gasteiger partial charge on any atom is -0.468 e. The molecule has 0 aromatic heterocycles. The van der Waals surface area contributed by atoms with Crippen molar-refractivity contribution < 1.29 is 19.1 Å². The first-order valence-electron chi connectivity index (χ1n) is 6.75. The Morgan fingerprint density at radius 1 is 1.52 bits per heavy atom. The maximum atomic E-state index is 12.1. The molecule has 0 amide bonds. The van der Waals surface area contributed by atoms with Crippen LogP contribution >= 0.6 is 11.6 Å². The maximum absolute atomic E-state index is 12.1. The van der Waals surface area contributed by atoms with Crippen molar-refractivity contribution in [1.29, 1.82) is 0 Å². The summed E-state index contributed by atoms with van der Waals surface area (Å²) in [5.74, 6) is -1.06. The summed E-state index contributed by atoms with van der Waals surface area (Å²) in [4.78, 5) is 24.1. The van der Waals surface area contributed by atoms with E-state index in [0.717, 1.165) is 5.56 Å². The molecular weight excluding hydrogens is 294 g/mol. The largest absolute Gasteiger partial charge is 0.468 e. The second kappa shape index (κ2) is 5.00. The molecule has 0 spiro atoms. The molecule has 1 aromatic carbocycles. The predicted molar refractivity (Wildman–Crippen MR) is 76.0 cm³/mol.